The lowest BCUT2D eigenvalue weighted by molar-refractivity contribution is -0.149. The Balaban J connectivity index is 1.99. The van der Waals surface area contributed by atoms with Crippen LogP contribution in [0.3, 0.4) is 0 Å². The van der Waals surface area contributed by atoms with Gasteiger partial charge in [0.1, 0.15) is 0 Å². The summed E-state index contributed by atoms with van der Waals surface area (Å²) in [6.45, 7) is 5.69. The zero-order chi connectivity index (χ0) is 17.2. The maximum absolute atomic E-state index is 12.3. The second-order valence-corrected chi connectivity index (χ2v) is 6.83. The highest BCUT2D eigenvalue weighted by molar-refractivity contribution is 5.89. The second-order valence-electron chi connectivity index (χ2n) is 6.83. The Kier molecular flexibility index (Phi) is 5.09. The summed E-state index contributed by atoms with van der Waals surface area (Å²) < 4.78 is 4.92. The lowest BCUT2D eigenvalue weighted by atomic mass is 9.99. The zero-order valence-corrected chi connectivity index (χ0v) is 14.1. The predicted molar refractivity (Wildman–Crippen MR) is 87.4 cm³/mol. The summed E-state index contributed by atoms with van der Waals surface area (Å²) in [5.41, 5.74) is 1.02. The van der Waals surface area contributed by atoms with Crippen molar-refractivity contribution in [2.45, 2.75) is 44.6 Å². The van der Waals surface area contributed by atoms with E-state index >= 15 is 0 Å². The van der Waals surface area contributed by atoms with E-state index in [-0.39, 0.29) is 24.3 Å². The Bertz CT molecular complexity index is 581. The molecular formula is C18H25NO4. The van der Waals surface area contributed by atoms with Gasteiger partial charge < -0.3 is 15.2 Å². The monoisotopic (exact) mass is 319 g/mol. The van der Waals surface area contributed by atoms with Gasteiger partial charge in [-0.15, -0.1) is 0 Å². The Morgan fingerprint density at radius 3 is 2.43 bits per heavy atom. The van der Waals surface area contributed by atoms with Crippen molar-refractivity contribution in [3.05, 3.63) is 35.4 Å². The van der Waals surface area contributed by atoms with Crippen LogP contribution in [0, 0.1) is 5.92 Å². The van der Waals surface area contributed by atoms with Crippen LogP contribution in [-0.2, 0) is 14.3 Å². The van der Waals surface area contributed by atoms with Crippen molar-refractivity contribution in [2.24, 2.45) is 5.92 Å². The van der Waals surface area contributed by atoms with Crippen LogP contribution in [0.1, 0.15) is 50.2 Å². The van der Waals surface area contributed by atoms with Gasteiger partial charge in [-0.25, -0.2) is 4.79 Å². The highest BCUT2D eigenvalue weighted by Gasteiger charge is 2.47. The Morgan fingerprint density at radius 1 is 1.35 bits per heavy atom. The number of rotatable bonds is 7. The van der Waals surface area contributed by atoms with E-state index < -0.39 is 11.5 Å². The van der Waals surface area contributed by atoms with Crippen LogP contribution in [0.2, 0.25) is 0 Å². The van der Waals surface area contributed by atoms with Gasteiger partial charge in [0.25, 0.3) is 0 Å². The van der Waals surface area contributed by atoms with Gasteiger partial charge >= 0.3 is 5.97 Å². The molecule has 0 aromatic heterocycles. The van der Waals surface area contributed by atoms with E-state index in [4.69, 9.17) is 4.74 Å². The van der Waals surface area contributed by atoms with Crippen molar-refractivity contribution in [1.82, 2.24) is 5.32 Å². The molecule has 0 spiro atoms. The Morgan fingerprint density at radius 2 is 1.96 bits per heavy atom. The fraction of sp³-hybridized carbons (Fsp3) is 0.556. The van der Waals surface area contributed by atoms with Crippen molar-refractivity contribution in [3.63, 3.8) is 0 Å². The predicted octanol–water partition coefficient (Wildman–Crippen LogP) is 2.52. The number of carbonyl (C=O) groups excluding carboxylic acids is 1. The third kappa shape index (κ3) is 3.91. The summed E-state index contributed by atoms with van der Waals surface area (Å²) in [6.07, 6.45) is 0.759. The molecular weight excluding hydrogens is 294 g/mol. The molecule has 1 aliphatic rings. The van der Waals surface area contributed by atoms with Crippen LogP contribution in [-0.4, -0.2) is 36.2 Å². The third-order valence-corrected chi connectivity index (χ3v) is 4.46. The molecule has 0 saturated heterocycles. The SMILES string of the molecule is COCC(C)(NC(=O)C1CC1c1ccc(C(C)C)cc1)C(=O)O. The molecule has 1 amide bonds. The number of nitrogens with one attached hydrogen (secondary N) is 1. The van der Waals surface area contributed by atoms with Gasteiger partial charge in [0.15, 0.2) is 5.54 Å². The number of aliphatic carboxylic acids is 1. The summed E-state index contributed by atoms with van der Waals surface area (Å²) >= 11 is 0. The zero-order valence-electron chi connectivity index (χ0n) is 14.1. The molecule has 23 heavy (non-hydrogen) atoms. The largest absolute Gasteiger partial charge is 0.479 e. The molecule has 126 valence electrons. The Labute approximate surface area is 137 Å². The van der Waals surface area contributed by atoms with Crippen molar-refractivity contribution < 1.29 is 19.4 Å². The number of hydrogen-bond donors (Lipinski definition) is 2. The van der Waals surface area contributed by atoms with Crippen molar-refractivity contribution in [2.75, 3.05) is 13.7 Å². The summed E-state index contributed by atoms with van der Waals surface area (Å²) in [5.74, 6) is -0.809. The molecule has 5 heteroatoms. The number of carboxylic acids is 1. The molecule has 1 aromatic carbocycles. The van der Waals surface area contributed by atoms with Gasteiger partial charge in [-0.1, -0.05) is 38.1 Å². The minimum absolute atomic E-state index is 0.0610. The molecule has 5 nitrogen and oxygen atoms in total. The smallest absolute Gasteiger partial charge is 0.331 e. The first-order valence-electron chi connectivity index (χ1n) is 7.92. The van der Waals surface area contributed by atoms with E-state index in [1.54, 1.807) is 0 Å². The number of benzene rings is 1. The molecule has 0 heterocycles. The molecule has 3 atom stereocenters. The molecule has 3 unspecified atom stereocenters. The first-order chi connectivity index (χ1) is 10.8. The number of methoxy groups -OCH3 is 1. The molecule has 0 bridgehead atoms. The lowest BCUT2D eigenvalue weighted by Crippen LogP contribution is -2.55. The first kappa shape index (κ1) is 17.5. The highest BCUT2D eigenvalue weighted by Crippen LogP contribution is 2.47. The molecule has 1 aliphatic carbocycles. The quantitative estimate of drug-likeness (QED) is 0.810. The molecule has 0 aliphatic heterocycles. The van der Waals surface area contributed by atoms with Crippen LogP contribution < -0.4 is 5.32 Å². The van der Waals surface area contributed by atoms with Gasteiger partial charge in [0.2, 0.25) is 5.91 Å². The standard InChI is InChI=1S/C18H25NO4/c1-11(2)12-5-7-13(8-6-12)14-9-15(14)16(20)19-18(3,10-23-4)17(21)22/h5-8,11,14-15H,9-10H2,1-4H3,(H,19,20)(H,21,22). The maximum Gasteiger partial charge on any atom is 0.331 e. The highest BCUT2D eigenvalue weighted by atomic mass is 16.5. The van der Waals surface area contributed by atoms with E-state index in [1.165, 1.54) is 19.6 Å². The Hall–Kier alpha value is -1.88. The van der Waals surface area contributed by atoms with Crippen LogP contribution in [0.25, 0.3) is 0 Å². The molecule has 2 N–H and O–H groups in total. The van der Waals surface area contributed by atoms with E-state index in [9.17, 15) is 14.7 Å². The summed E-state index contributed by atoms with van der Waals surface area (Å²) in [5, 5.41) is 11.9. The van der Waals surface area contributed by atoms with E-state index in [0.29, 0.717) is 5.92 Å². The van der Waals surface area contributed by atoms with Crippen LogP contribution in [0.5, 0.6) is 0 Å². The normalized spacial score (nSPS) is 22.5. The van der Waals surface area contributed by atoms with Gasteiger partial charge in [-0.05, 0) is 36.3 Å². The van der Waals surface area contributed by atoms with Crippen molar-refractivity contribution >= 4 is 11.9 Å². The average Bonchev–Trinajstić information content (AvgIpc) is 3.28. The molecule has 1 fully saturated rings. The van der Waals surface area contributed by atoms with E-state index in [0.717, 1.165) is 12.0 Å². The van der Waals surface area contributed by atoms with Gasteiger partial charge in [0.05, 0.1) is 6.61 Å². The number of carbonyl (C=O) groups is 2. The van der Waals surface area contributed by atoms with Gasteiger partial charge in [-0.3, -0.25) is 4.79 Å². The van der Waals surface area contributed by atoms with Crippen LogP contribution in [0.4, 0.5) is 0 Å². The van der Waals surface area contributed by atoms with E-state index in [1.807, 2.05) is 0 Å². The number of amides is 1. The number of ether oxygens (including phenoxy) is 1. The lowest BCUT2D eigenvalue weighted by Gasteiger charge is -2.25. The molecule has 0 radical (unpaired) electrons. The second kappa shape index (κ2) is 6.71. The number of hydrogen-bond acceptors (Lipinski definition) is 3. The van der Waals surface area contributed by atoms with Crippen LogP contribution in [0.15, 0.2) is 24.3 Å². The summed E-state index contributed by atoms with van der Waals surface area (Å²) in [4.78, 5) is 23.7. The summed E-state index contributed by atoms with van der Waals surface area (Å²) in [6, 6.07) is 8.33. The summed E-state index contributed by atoms with van der Waals surface area (Å²) in [7, 11) is 1.42. The van der Waals surface area contributed by atoms with E-state index in [2.05, 4.69) is 43.4 Å². The average molecular weight is 319 g/mol. The van der Waals surface area contributed by atoms with Crippen LogP contribution >= 0.6 is 0 Å². The maximum atomic E-state index is 12.3. The van der Waals surface area contributed by atoms with Crippen molar-refractivity contribution in [1.29, 1.82) is 0 Å². The third-order valence-electron chi connectivity index (χ3n) is 4.46. The minimum Gasteiger partial charge on any atom is -0.479 e. The molecule has 1 saturated carbocycles. The fourth-order valence-corrected chi connectivity index (χ4v) is 2.79. The number of carboxylic acid groups (broad SMARTS) is 1. The first-order valence-corrected chi connectivity index (χ1v) is 7.92. The van der Waals surface area contributed by atoms with Gasteiger partial charge in [0, 0.05) is 13.0 Å². The molecule has 2 rings (SSSR count). The van der Waals surface area contributed by atoms with Gasteiger partial charge in [-0.2, -0.15) is 0 Å². The fourth-order valence-electron chi connectivity index (χ4n) is 2.79. The van der Waals surface area contributed by atoms with Crippen molar-refractivity contribution in [3.8, 4) is 0 Å². The minimum atomic E-state index is -1.39. The molecule has 1 aromatic rings. The topological polar surface area (TPSA) is 75.6 Å².